The summed E-state index contributed by atoms with van der Waals surface area (Å²) in [6.07, 6.45) is 0. The summed E-state index contributed by atoms with van der Waals surface area (Å²) in [7, 11) is 0. The summed E-state index contributed by atoms with van der Waals surface area (Å²) in [6, 6.07) is 6.26. The van der Waals surface area contributed by atoms with Gasteiger partial charge >= 0.3 is 97.7 Å². The van der Waals surface area contributed by atoms with Crippen molar-refractivity contribution in [2.75, 3.05) is 11.5 Å². The fraction of sp³-hybridized carbons (Fsp3) is 0.250. The van der Waals surface area contributed by atoms with Gasteiger partial charge in [0.1, 0.15) is 0 Å². The minimum atomic E-state index is 0.566. The van der Waals surface area contributed by atoms with Crippen LogP contribution in [0.4, 0.5) is 5.69 Å². The van der Waals surface area contributed by atoms with Crippen LogP contribution in [0.1, 0.15) is 11.1 Å². The van der Waals surface area contributed by atoms with Crippen LogP contribution in [0.5, 0.6) is 0 Å². The summed E-state index contributed by atoms with van der Waals surface area (Å²) in [5.74, 6) is 0. The van der Waals surface area contributed by atoms with Gasteiger partial charge in [-0.25, -0.2) is 0 Å². The molecule has 1 aliphatic heterocycles. The molecule has 78 valence electrons. The van der Waals surface area contributed by atoms with Gasteiger partial charge in [0.15, 0.2) is 0 Å². The van der Waals surface area contributed by atoms with Gasteiger partial charge < -0.3 is 0 Å². The van der Waals surface area contributed by atoms with Crippen molar-refractivity contribution in [2.45, 2.75) is 13.8 Å². The molecule has 0 amide bonds. The first-order valence-electron chi connectivity index (χ1n) is 4.82. The second-order valence-corrected chi connectivity index (χ2v) is 4.43. The van der Waals surface area contributed by atoms with Crippen LogP contribution < -0.4 is 4.90 Å². The molecule has 1 heterocycles. The van der Waals surface area contributed by atoms with Crippen molar-refractivity contribution < 1.29 is 4.74 Å². The second kappa shape index (κ2) is 3.84. The Morgan fingerprint density at radius 2 is 1.93 bits per heavy atom. The van der Waals surface area contributed by atoms with Crippen molar-refractivity contribution in [2.24, 2.45) is 0 Å². The molecule has 0 aliphatic carbocycles. The monoisotopic (exact) mass is 267 g/mol. The van der Waals surface area contributed by atoms with Crippen LogP contribution in [0.15, 0.2) is 30.5 Å². The first kappa shape index (κ1) is 10.5. The molecule has 15 heavy (non-hydrogen) atoms. The van der Waals surface area contributed by atoms with E-state index in [2.05, 4.69) is 54.2 Å². The van der Waals surface area contributed by atoms with E-state index in [1.54, 1.807) is 0 Å². The van der Waals surface area contributed by atoms with E-state index in [0.717, 1.165) is 10.4 Å². The average molecular weight is 266 g/mol. The third kappa shape index (κ3) is 1.73. The number of hydrogen-bond donors (Lipinski definition) is 0. The number of benzene rings is 1. The summed E-state index contributed by atoms with van der Waals surface area (Å²) < 4.78 is 6.22. The zero-order valence-corrected chi connectivity index (χ0v) is 10.6. The van der Waals surface area contributed by atoms with Crippen LogP contribution in [-0.4, -0.2) is 26.9 Å². The van der Waals surface area contributed by atoms with E-state index in [1.165, 1.54) is 16.8 Å². The first-order chi connectivity index (χ1) is 7.11. The number of aryl methyl sites for hydroxylation is 2. The van der Waals surface area contributed by atoms with Gasteiger partial charge in [-0.3, -0.25) is 0 Å². The maximum absolute atomic E-state index is 5.43. The number of nitrogens with zero attached hydrogens (tertiary/aromatic N) is 1. The molecule has 1 aliphatic rings. The molecular formula is C12H13NOSe. The molecule has 0 radical (unpaired) electrons. The van der Waals surface area contributed by atoms with Crippen LogP contribution in [0.2, 0.25) is 0 Å². The van der Waals surface area contributed by atoms with Crippen molar-refractivity contribution in [3.63, 3.8) is 0 Å². The van der Waals surface area contributed by atoms with E-state index in [9.17, 15) is 0 Å². The van der Waals surface area contributed by atoms with Crippen molar-refractivity contribution >= 4 is 26.0 Å². The summed E-state index contributed by atoms with van der Waals surface area (Å²) in [6.45, 7) is 8.77. The van der Waals surface area contributed by atoms with Crippen molar-refractivity contribution in [3.05, 3.63) is 41.6 Å². The van der Waals surface area contributed by atoms with Gasteiger partial charge in [-0.1, -0.05) is 0 Å². The van der Waals surface area contributed by atoms with E-state index < -0.39 is 0 Å². The van der Waals surface area contributed by atoms with E-state index in [-0.39, 0.29) is 0 Å². The number of rotatable bonds is 1. The maximum atomic E-state index is 5.43. The molecule has 3 heteroatoms. The Kier molecular flexibility index (Phi) is 2.68. The van der Waals surface area contributed by atoms with E-state index in [1.807, 2.05) is 4.90 Å². The Morgan fingerprint density at radius 3 is 2.40 bits per heavy atom. The zero-order valence-electron chi connectivity index (χ0n) is 8.91. The van der Waals surface area contributed by atoms with E-state index in [0.29, 0.717) is 6.61 Å². The molecule has 0 spiro atoms. The first-order valence-corrected chi connectivity index (χ1v) is 5.68. The van der Waals surface area contributed by atoms with Crippen LogP contribution in [0.25, 0.3) is 0 Å². The number of ether oxygens (including phenoxy) is 1. The summed E-state index contributed by atoms with van der Waals surface area (Å²) in [5, 5.41) is 0. The van der Waals surface area contributed by atoms with Gasteiger partial charge in [0.25, 0.3) is 0 Å². The second-order valence-electron chi connectivity index (χ2n) is 3.70. The SMILES string of the molecule is C=C1COC(=[Se])N1c1c(C)cccc1C. The Morgan fingerprint density at radius 1 is 1.33 bits per heavy atom. The molecule has 1 aromatic carbocycles. The Labute approximate surface area is 97.9 Å². The minimum absolute atomic E-state index is 0.566. The topological polar surface area (TPSA) is 12.5 Å². The predicted molar refractivity (Wildman–Crippen MR) is 64.2 cm³/mol. The fourth-order valence-corrected chi connectivity index (χ4v) is 2.40. The van der Waals surface area contributed by atoms with Crippen molar-refractivity contribution in [3.8, 4) is 0 Å². The number of hydrogen-bond acceptors (Lipinski definition) is 2. The van der Waals surface area contributed by atoms with Gasteiger partial charge in [-0.15, -0.1) is 0 Å². The third-order valence-corrected chi connectivity index (χ3v) is 3.15. The summed E-state index contributed by atoms with van der Waals surface area (Å²) >= 11 is 2.93. The van der Waals surface area contributed by atoms with Crippen LogP contribution in [0.3, 0.4) is 0 Å². The molecular weight excluding hydrogens is 253 g/mol. The average Bonchev–Trinajstić information content (AvgIpc) is 2.49. The number of anilines is 1. The van der Waals surface area contributed by atoms with Gasteiger partial charge in [-0.2, -0.15) is 0 Å². The zero-order chi connectivity index (χ0) is 11.0. The van der Waals surface area contributed by atoms with Gasteiger partial charge in [0, 0.05) is 0 Å². The Balaban J connectivity index is 2.53. The molecule has 0 saturated carbocycles. The van der Waals surface area contributed by atoms with Crippen molar-refractivity contribution in [1.82, 2.24) is 0 Å². The summed E-state index contributed by atoms with van der Waals surface area (Å²) in [4.78, 5) is 2.05. The van der Waals surface area contributed by atoms with Gasteiger partial charge in [0.2, 0.25) is 0 Å². The fourth-order valence-electron chi connectivity index (χ4n) is 1.81. The molecule has 1 fully saturated rings. The molecule has 0 N–H and O–H groups in total. The van der Waals surface area contributed by atoms with Gasteiger partial charge in [-0.05, 0) is 0 Å². The van der Waals surface area contributed by atoms with Crippen LogP contribution in [0, 0.1) is 13.8 Å². The summed E-state index contributed by atoms with van der Waals surface area (Å²) in [5.41, 5.74) is 4.61. The molecule has 1 saturated heterocycles. The van der Waals surface area contributed by atoms with E-state index >= 15 is 0 Å². The van der Waals surface area contributed by atoms with Crippen molar-refractivity contribution in [1.29, 1.82) is 0 Å². The van der Waals surface area contributed by atoms with Crippen LogP contribution >= 0.6 is 0 Å². The molecule has 0 bridgehead atoms. The quantitative estimate of drug-likeness (QED) is 0.720. The molecule has 0 aromatic heterocycles. The number of para-hydroxylation sites is 1. The molecule has 1 aromatic rings. The molecule has 2 rings (SSSR count). The van der Waals surface area contributed by atoms with E-state index in [4.69, 9.17) is 4.74 Å². The Hall–Kier alpha value is -1.05. The third-order valence-electron chi connectivity index (χ3n) is 2.52. The normalized spacial score (nSPS) is 15.7. The Bertz CT molecular complexity index is 403. The van der Waals surface area contributed by atoms with Gasteiger partial charge in [0.05, 0.1) is 0 Å². The van der Waals surface area contributed by atoms with Crippen LogP contribution in [-0.2, 0) is 4.74 Å². The molecule has 0 unspecified atom stereocenters. The standard InChI is InChI=1S/C12H13NOSe/c1-8-5-4-6-9(2)11(8)13-10(3)7-14-12(13)15/h4-6H,3,7H2,1-2H3. The predicted octanol–water partition coefficient (Wildman–Crippen LogP) is 1.91. The molecule has 0 atom stereocenters. The molecule has 2 nitrogen and oxygen atoms in total.